The number of ether oxygens (including phenoxy) is 1. The van der Waals surface area contributed by atoms with E-state index in [-0.39, 0.29) is 30.1 Å². The van der Waals surface area contributed by atoms with Gasteiger partial charge in [-0.25, -0.2) is 13.2 Å². The molecule has 0 saturated carbocycles. The van der Waals surface area contributed by atoms with E-state index in [0.29, 0.717) is 28.7 Å². The van der Waals surface area contributed by atoms with E-state index in [0.717, 1.165) is 5.39 Å². The predicted octanol–water partition coefficient (Wildman–Crippen LogP) is 2.10. The number of nitrogens with one attached hydrogen (secondary N) is 2. The quantitative estimate of drug-likeness (QED) is 0.246. The summed E-state index contributed by atoms with van der Waals surface area (Å²) in [6, 6.07) is 14.2. The fourth-order valence-corrected chi connectivity index (χ4v) is 5.70. The summed E-state index contributed by atoms with van der Waals surface area (Å²) in [4.78, 5) is 26.6. The first-order chi connectivity index (χ1) is 17.6. The number of rotatable bonds is 9. The maximum absolute atomic E-state index is 13.3. The summed E-state index contributed by atoms with van der Waals surface area (Å²) in [5, 5.41) is 18.9. The van der Waals surface area contributed by atoms with Crippen molar-refractivity contribution in [2.24, 2.45) is 5.73 Å². The van der Waals surface area contributed by atoms with Gasteiger partial charge in [-0.1, -0.05) is 36.4 Å². The van der Waals surface area contributed by atoms with E-state index >= 15 is 0 Å². The Labute approximate surface area is 214 Å². The maximum atomic E-state index is 13.3. The summed E-state index contributed by atoms with van der Waals surface area (Å²) in [6.45, 7) is 0.206. The van der Waals surface area contributed by atoms with Crippen LogP contribution in [0.25, 0.3) is 10.8 Å². The molecule has 1 aliphatic rings. The number of aliphatic carboxylic acids is 1. The van der Waals surface area contributed by atoms with Crippen LogP contribution >= 0.6 is 0 Å². The second kappa shape index (κ2) is 10.6. The Morgan fingerprint density at radius 3 is 2.49 bits per heavy atom. The van der Waals surface area contributed by atoms with Crippen LogP contribution < -0.4 is 15.2 Å². The molecule has 3 aromatic rings. The molecule has 0 radical (unpaired) electrons. The van der Waals surface area contributed by atoms with Gasteiger partial charge < -0.3 is 20.5 Å². The normalized spacial score (nSPS) is 16.9. The minimum absolute atomic E-state index is 0.00966. The van der Waals surface area contributed by atoms with Gasteiger partial charge in [-0.05, 0) is 53.4 Å². The third kappa shape index (κ3) is 5.73. The zero-order valence-corrected chi connectivity index (χ0v) is 21.0. The molecule has 0 aliphatic carbocycles. The fourth-order valence-electron chi connectivity index (χ4n) is 4.44. The molecule has 0 spiro atoms. The third-order valence-electron chi connectivity index (χ3n) is 6.45. The second-order valence-electron chi connectivity index (χ2n) is 8.89. The summed E-state index contributed by atoms with van der Waals surface area (Å²) >= 11 is 0. The lowest BCUT2D eigenvalue weighted by Crippen LogP contribution is -2.57. The Kier molecular flexibility index (Phi) is 7.46. The monoisotopic (exact) mass is 524 g/mol. The number of piperidine rings is 1. The SMILES string of the molecule is COc1ccc2cc(S(=O)(=O)NC3CCCN(C(Cc4ccc(C(=N)N)cc4)C(=O)O)C3=O)ccc2c1. The first-order valence-electron chi connectivity index (χ1n) is 11.7. The number of carbonyl (C=O) groups is 2. The highest BCUT2D eigenvalue weighted by Crippen LogP contribution is 2.25. The molecule has 2 unspecified atom stereocenters. The van der Waals surface area contributed by atoms with Gasteiger partial charge in [0.25, 0.3) is 0 Å². The largest absolute Gasteiger partial charge is 0.497 e. The van der Waals surface area contributed by atoms with Crippen LogP contribution in [0.5, 0.6) is 5.75 Å². The molecule has 1 fully saturated rings. The van der Waals surface area contributed by atoms with Crippen LogP contribution in [0.4, 0.5) is 0 Å². The van der Waals surface area contributed by atoms with Crippen molar-refractivity contribution in [1.82, 2.24) is 9.62 Å². The number of likely N-dealkylation sites (tertiary alicyclic amines) is 1. The van der Waals surface area contributed by atoms with Gasteiger partial charge in [-0.3, -0.25) is 10.2 Å². The molecule has 194 valence electrons. The van der Waals surface area contributed by atoms with Crippen molar-refractivity contribution in [3.8, 4) is 5.75 Å². The number of sulfonamides is 1. The first kappa shape index (κ1) is 26.1. The van der Waals surface area contributed by atoms with E-state index in [1.165, 1.54) is 17.0 Å². The van der Waals surface area contributed by atoms with Crippen LogP contribution in [0.3, 0.4) is 0 Å². The molecule has 5 N–H and O–H groups in total. The van der Waals surface area contributed by atoms with Gasteiger partial charge in [0.15, 0.2) is 0 Å². The Morgan fingerprint density at radius 1 is 1.16 bits per heavy atom. The molecule has 0 aromatic heterocycles. The number of nitrogens with zero attached hydrogens (tertiary/aromatic N) is 1. The zero-order chi connectivity index (χ0) is 26.7. The van der Waals surface area contributed by atoms with Gasteiger partial charge in [-0.15, -0.1) is 0 Å². The number of benzene rings is 3. The number of hydrogen-bond donors (Lipinski definition) is 4. The maximum Gasteiger partial charge on any atom is 0.326 e. The minimum Gasteiger partial charge on any atom is -0.497 e. The number of amides is 1. The van der Waals surface area contributed by atoms with Crippen LogP contribution in [-0.2, 0) is 26.0 Å². The lowest BCUT2D eigenvalue weighted by atomic mass is 9.98. The van der Waals surface area contributed by atoms with E-state index in [9.17, 15) is 23.1 Å². The van der Waals surface area contributed by atoms with Crippen molar-refractivity contribution < 1.29 is 27.9 Å². The Bertz CT molecular complexity index is 1460. The second-order valence-corrected chi connectivity index (χ2v) is 10.6. The zero-order valence-electron chi connectivity index (χ0n) is 20.2. The Balaban J connectivity index is 1.52. The molecule has 37 heavy (non-hydrogen) atoms. The molecule has 1 heterocycles. The van der Waals surface area contributed by atoms with Crippen molar-refractivity contribution >= 4 is 38.5 Å². The Morgan fingerprint density at radius 2 is 1.84 bits per heavy atom. The molecule has 2 atom stereocenters. The highest BCUT2D eigenvalue weighted by Gasteiger charge is 2.38. The van der Waals surface area contributed by atoms with Gasteiger partial charge >= 0.3 is 5.97 Å². The number of nitrogen functional groups attached to an aromatic ring is 1. The lowest BCUT2D eigenvalue weighted by Gasteiger charge is -2.36. The van der Waals surface area contributed by atoms with Crippen LogP contribution in [0.15, 0.2) is 65.6 Å². The van der Waals surface area contributed by atoms with Gasteiger partial charge in [0.1, 0.15) is 23.7 Å². The Hall–Kier alpha value is -3.96. The number of nitrogens with two attached hydrogens (primary N) is 1. The summed E-state index contributed by atoms with van der Waals surface area (Å²) in [5.41, 5.74) is 6.63. The van der Waals surface area contributed by atoms with Crippen LogP contribution in [0, 0.1) is 5.41 Å². The van der Waals surface area contributed by atoms with Gasteiger partial charge in [0, 0.05) is 18.5 Å². The minimum atomic E-state index is -4.05. The summed E-state index contributed by atoms with van der Waals surface area (Å²) in [7, 11) is -2.50. The average molecular weight is 525 g/mol. The molecule has 0 bridgehead atoms. The van der Waals surface area contributed by atoms with Crippen molar-refractivity contribution in [2.45, 2.75) is 36.2 Å². The van der Waals surface area contributed by atoms with E-state index < -0.39 is 34.0 Å². The molecule has 4 rings (SSSR count). The van der Waals surface area contributed by atoms with E-state index in [2.05, 4.69) is 4.72 Å². The number of methoxy groups -OCH3 is 1. The van der Waals surface area contributed by atoms with Crippen LogP contribution in [-0.4, -0.2) is 61.9 Å². The highest BCUT2D eigenvalue weighted by atomic mass is 32.2. The molecular formula is C26H28N4O6S. The van der Waals surface area contributed by atoms with Crippen LogP contribution in [0.1, 0.15) is 24.0 Å². The summed E-state index contributed by atoms with van der Waals surface area (Å²) in [6.07, 6.45) is 0.745. The molecule has 3 aromatic carbocycles. The predicted molar refractivity (Wildman–Crippen MR) is 138 cm³/mol. The molecule has 1 saturated heterocycles. The molecular weight excluding hydrogens is 496 g/mol. The van der Waals surface area contributed by atoms with E-state index in [4.69, 9.17) is 15.9 Å². The third-order valence-corrected chi connectivity index (χ3v) is 7.92. The van der Waals surface area contributed by atoms with Crippen molar-refractivity contribution in [1.29, 1.82) is 5.41 Å². The average Bonchev–Trinajstić information content (AvgIpc) is 2.88. The topological polar surface area (TPSA) is 163 Å². The molecule has 11 heteroatoms. The number of carbonyl (C=O) groups excluding carboxylic acids is 1. The summed E-state index contributed by atoms with van der Waals surface area (Å²) in [5.74, 6) is -1.21. The molecule has 10 nitrogen and oxygen atoms in total. The highest BCUT2D eigenvalue weighted by molar-refractivity contribution is 7.89. The number of fused-ring (bicyclic) bond motifs is 1. The fraction of sp³-hybridized carbons (Fsp3) is 0.269. The summed E-state index contributed by atoms with van der Waals surface area (Å²) < 4.78 is 34.0. The van der Waals surface area contributed by atoms with Gasteiger partial charge in [0.2, 0.25) is 15.9 Å². The number of carboxylic acids is 1. The standard InChI is InChI=1S/C26H28N4O6S/c1-36-20-10-8-19-15-21(11-9-18(19)14-20)37(34,35)29-22-3-2-12-30(25(22)31)23(26(32)33)13-16-4-6-17(7-5-16)24(27)28/h4-11,14-15,22-23,29H,2-3,12-13H2,1H3,(H3,27,28)(H,32,33). The first-order valence-corrected chi connectivity index (χ1v) is 13.1. The van der Waals surface area contributed by atoms with Gasteiger partial charge in [0.05, 0.1) is 12.0 Å². The van der Waals surface area contributed by atoms with E-state index in [1.807, 2.05) is 0 Å². The smallest absolute Gasteiger partial charge is 0.326 e. The van der Waals surface area contributed by atoms with Crippen molar-refractivity contribution in [3.63, 3.8) is 0 Å². The number of amidine groups is 1. The molecule has 1 amide bonds. The molecule has 1 aliphatic heterocycles. The lowest BCUT2D eigenvalue weighted by molar-refractivity contribution is -0.152. The van der Waals surface area contributed by atoms with Crippen molar-refractivity contribution in [3.05, 3.63) is 71.8 Å². The number of hydrogen-bond acceptors (Lipinski definition) is 6. The number of carboxylic acid groups (broad SMARTS) is 1. The van der Waals surface area contributed by atoms with Crippen LogP contribution in [0.2, 0.25) is 0 Å². The van der Waals surface area contributed by atoms with Gasteiger partial charge in [-0.2, -0.15) is 4.72 Å². The van der Waals surface area contributed by atoms with Crippen molar-refractivity contribution in [2.75, 3.05) is 13.7 Å². The van der Waals surface area contributed by atoms with E-state index in [1.54, 1.807) is 55.6 Å².